The molecule has 0 fully saturated rings. The van der Waals surface area contributed by atoms with Crippen LogP contribution in [0.1, 0.15) is 35.4 Å². The van der Waals surface area contributed by atoms with Gasteiger partial charge < -0.3 is 4.74 Å². The van der Waals surface area contributed by atoms with E-state index in [9.17, 15) is 4.39 Å². The lowest BCUT2D eigenvalue weighted by molar-refractivity contribution is -0.0190. The van der Waals surface area contributed by atoms with Crippen molar-refractivity contribution in [1.29, 1.82) is 0 Å². The fourth-order valence-electron chi connectivity index (χ4n) is 4.54. The fraction of sp³-hybridized carbons (Fsp3) is 0.107. The second-order valence-electron chi connectivity index (χ2n) is 8.15. The molecule has 0 N–H and O–H groups in total. The van der Waals surface area contributed by atoms with Gasteiger partial charge in [0.05, 0.1) is 11.8 Å². The van der Waals surface area contributed by atoms with Gasteiger partial charge in [0, 0.05) is 17.5 Å². The smallest absolute Gasteiger partial charge is 0.213 e. The number of hydrogen-bond acceptors (Lipinski definition) is 3. The molecule has 6 rings (SSSR count). The van der Waals surface area contributed by atoms with Crippen LogP contribution in [0.2, 0.25) is 0 Å². The molecule has 2 aliphatic heterocycles. The van der Waals surface area contributed by atoms with E-state index in [1.165, 1.54) is 23.3 Å². The van der Waals surface area contributed by atoms with Gasteiger partial charge in [0.2, 0.25) is 6.23 Å². The highest BCUT2D eigenvalue weighted by atomic mass is 19.1. The van der Waals surface area contributed by atoms with Gasteiger partial charge in [-0.1, -0.05) is 84.9 Å². The number of ether oxygens (including phenoxy) is 1. The highest BCUT2D eigenvalue weighted by Crippen LogP contribution is 2.47. The minimum Gasteiger partial charge on any atom is -0.464 e. The van der Waals surface area contributed by atoms with Crippen molar-refractivity contribution in [2.45, 2.75) is 18.7 Å². The molecule has 4 heteroatoms. The van der Waals surface area contributed by atoms with Gasteiger partial charge in [-0.05, 0) is 34.9 Å². The third kappa shape index (κ3) is 3.25. The summed E-state index contributed by atoms with van der Waals surface area (Å²) < 4.78 is 19.8. The number of hydrazone groups is 1. The van der Waals surface area contributed by atoms with Crippen molar-refractivity contribution in [1.82, 2.24) is 5.01 Å². The Morgan fingerprint density at radius 2 is 1.38 bits per heavy atom. The first-order valence-corrected chi connectivity index (χ1v) is 10.8. The van der Waals surface area contributed by atoms with E-state index in [0.29, 0.717) is 0 Å². The molecule has 3 nitrogen and oxygen atoms in total. The molecule has 0 unspecified atom stereocenters. The summed E-state index contributed by atoms with van der Waals surface area (Å²) in [4.78, 5) is 0. The van der Waals surface area contributed by atoms with Gasteiger partial charge in [-0.15, -0.1) is 0 Å². The van der Waals surface area contributed by atoms with E-state index in [1.54, 1.807) is 12.1 Å². The number of rotatable bonds is 3. The van der Waals surface area contributed by atoms with Gasteiger partial charge >= 0.3 is 0 Å². The van der Waals surface area contributed by atoms with Crippen LogP contribution in [0.4, 0.5) is 4.39 Å². The first-order valence-electron chi connectivity index (χ1n) is 10.8. The van der Waals surface area contributed by atoms with Crippen molar-refractivity contribution in [2.24, 2.45) is 5.10 Å². The van der Waals surface area contributed by atoms with Crippen LogP contribution in [-0.4, -0.2) is 10.7 Å². The molecule has 2 aliphatic rings. The second-order valence-corrected chi connectivity index (χ2v) is 8.15. The third-order valence-corrected chi connectivity index (χ3v) is 6.18. The normalized spacial score (nSPS) is 19.0. The van der Waals surface area contributed by atoms with Gasteiger partial charge in [-0.25, -0.2) is 9.40 Å². The summed E-state index contributed by atoms with van der Waals surface area (Å²) in [5.41, 5.74) is 6.53. The quantitative estimate of drug-likeness (QED) is 0.367. The van der Waals surface area contributed by atoms with E-state index in [4.69, 9.17) is 9.84 Å². The number of nitrogens with zero attached hydrogens (tertiary/aromatic N) is 2. The Balaban J connectivity index is 1.36. The van der Waals surface area contributed by atoms with Crippen LogP contribution in [0.15, 0.2) is 108 Å². The molecule has 0 aliphatic carbocycles. The minimum absolute atomic E-state index is 0.0822. The van der Waals surface area contributed by atoms with E-state index in [1.807, 2.05) is 29.3 Å². The molecule has 0 amide bonds. The Labute approximate surface area is 186 Å². The lowest BCUT2D eigenvalue weighted by Crippen LogP contribution is -2.33. The minimum atomic E-state index is -0.392. The lowest BCUT2D eigenvalue weighted by atomic mass is 9.95. The highest BCUT2D eigenvalue weighted by Gasteiger charge is 2.40. The topological polar surface area (TPSA) is 24.8 Å². The van der Waals surface area contributed by atoms with E-state index in [-0.39, 0.29) is 11.9 Å². The first-order chi connectivity index (χ1) is 15.8. The first kappa shape index (κ1) is 18.8. The number of halogens is 1. The van der Waals surface area contributed by atoms with Crippen LogP contribution < -0.4 is 4.74 Å². The van der Waals surface area contributed by atoms with Crippen molar-refractivity contribution in [3.63, 3.8) is 0 Å². The van der Waals surface area contributed by atoms with E-state index < -0.39 is 6.23 Å². The van der Waals surface area contributed by atoms with E-state index in [2.05, 4.69) is 54.6 Å². The molecule has 156 valence electrons. The molecular weight excluding hydrogens is 399 g/mol. The van der Waals surface area contributed by atoms with E-state index in [0.717, 1.165) is 34.6 Å². The van der Waals surface area contributed by atoms with Crippen LogP contribution in [-0.2, 0) is 0 Å². The molecule has 4 aromatic carbocycles. The average molecular weight is 420 g/mol. The molecule has 2 atom stereocenters. The van der Waals surface area contributed by atoms with Crippen LogP contribution in [0.3, 0.4) is 0 Å². The number of hydrogen-bond donors (Lipinski definition) is 0. The second kappa shape index (κ2) is 7.65. The Kier molecular flexibility index (Phi) is 4.50. The molecule has 0 bridgehead atoms. The monoisotopic (exact) mass is 420 g/mol. The maximum atomic E-state index is 13.5. The molecule has 0 radical (unpaired) electrons. The van der Waals surface area contributed by atoms with Crippen molar-refractivity contribution in [3.8, 4) is 16.9 Å². The zero-order chi connectivity index (χ0) is 21.5. The zero-order valence-electron chi connectivity index (χ0n) is 17.4. The van der Waals surface area contributed by atoms with Gasteiger partial charge in [-0.2, -0.15) is 5.10 Å². The number of para-hydroxylation sites is 1. The van der Waals surface area contributed by atoms with Crippen molar-refractivity contribution in [3.05, 3.63) is 126 Å². The predicted octanol–water partition coefficient (Wildman–Crippen LogP) is 6.74. The summed E-state index contributed by atoms with van der Waals surface area (Å²) in [5.74, 6) is 0.601. The summed E-state index contributed by atoms with van der Waals surface area (Å²) in [5, 5.41) is 7.02. The maximum absolute atomic E-state index is 13.5. The van der Waals surface area contributed by atoms with Crippen molar-refractivity contribution < 1.29 is 9.13 Å². The van der Waals surface area contributed by atoms with Gasteiger partial charge in [0.15, 0.2) is 0 Å². The Morgan fingerprint density at radius 1 is 0.719 bits per heavy atom. The summed E-state index contributed by atoms with van der Waals surface area (Å²) >= 11 is 0. The third-order valence-electron chi connectivity index (χ3n) is 6.18. The SMILES string of the molecule is Fc1ccc([C@@H]2Oc3ccccc3[C@H]3CC(c4ccc(-c5ccccc5)cc4)=NN32)cc1. The fourth-order valence-corrected chi connectivity index (χ4v) is 4.54. The summed E-state index contributed by atoms with van der Waals surface area (Å²) in [6.45, 7) is 0. The van der Waals surface area contributed by atoms with Gasteiger partial charge in [0.25, 0.3) is 0 Å². The van der Waals surface area contributed by atoms with Crippen molar-refractivity contribution in [2.75, 3.05) is 0 Å². The molecule has 0 saturated carbocycles. The van der Waals surface area contributed by atoms with Crippen molar-refractivity contribution >= 4 is 5.71 Å². The van der Waals surface area contributed by atoms with Gasteiger partial charge in [0.1, 0.15) is 11.6 Å². The standard InChI is InChI=1S/C28H21FN2O/c29-23-16-14-22(15-17-23)28-31-26(24-8-4-5-9-27(24)32-28)18-25(30-31)21-12-10-20(11-13-21)19-6-2-1-3-7-19/h1-17,26,28H,18H2/t26-,28+/m1/s1. The van der Waals surface area contributed by atoms with Crippen LogP contribution in [0.5, 0.6) is 5.75 Å². The summed E-state index contributed by atoms with van der Waals surface area (Å²) in [6.07, 6.45) is 0.402. The van der Waals surface area contributed by atoms with Crippen LogP contribution >= 0.6 is 0 Å². The lowest BCUT2D eigenvalue weighted by Gasteiger charge is -2.38. The molecule has 4 aromatic rings. The summed E-state index contributed by atoms with van der Waals surface area (Å²) in [7, 11) is 0. The molecule has 0 spiro atoms. The number of fused-ring (bicyclic) bond motifs is 3. The zero-order valence-corrected chi connectivity index (χ0v) is 17.4. The predicted molar refractivity (Wildman–Crippen MR) is 124 cm³/mol. The largest absolute Gasteiger partial charge is 0.464 e. The Bertz CT molecular complexity index is 1280. The molecule has 32 heavy (non-hydrogen) atoms. The molecule has 0 saturated heterocycles. The molecular formula is C28H21FN2O. The highest BCUT2D eigenvalue weighted by molar-refractivity contribution is 6.02. The van der Waals surface area contributed by atoms with Crippen LogP contribution in [0.25, 0.3) is 11.1 Å². The molecule has 0 aromatic heterocycles. The maximum Gasteiger partial charge on any atom is 0.213 e. The van der Waals surface area contributed by atoms with Gasteiger partial charge in [-0.3, -0.25) is 0 Å². The number of benzene rings is 4. The van der Waals surface area contributed by atoms with E-state index >= 15 is 0 Å². The average Bonchev–Trinajstić information content (AvgIpc) is 3.31. The Morgan fingerprint density at radius 3 is 2.16 bits per heavy atom. The summed E-state index contributed by atoms with van der Waals surface area (Å²) in [6, 6.07) is 33.6. The molecule has 2 heterocycles. The Hall–Kier alpha value is -3.92. The van der Waals surface area contributed by atoms with Crippen LogP contribution in [0, 0.1) is 5.82 Å².